The molecule has 0 radical (unpaired) electrons. The Kier molecular flexibility index (Phi) is 5.12. The number of fused-ring (bicyclic) bond motifs is 1. The lowest BCUT2D eigenvalue weighted by atomic mass is 10.0. The second-order valence-electron chi connectivity index (χ2n) is 6.64. The van der Waals surface area contributed by atoms with Gasteiger partial charge in [0.25, 0.3) is 5.91 Å². The van der Waals surface area contributed by atoms with Crippen LogP contribution in [0, 0.1) is 0 Å². The van der Waals surface area contributed by atoms with E-state index < -0.39 is 0 Å². The van der Waals surface area contributed by atoms with Gasteiger partial charge in [-0.15, -0.1) is 0 Å². The van der Waals surface area contributed by atoms with Gasteiger partial charge in [-0.05, 0) is 46.7 Å². The highest BCUT2D eigenvalue weighted by Crippen LogP contribution is 2.29. The molecule has 0 bridgehead atoms. The Morgan fingerprint density at radius 1 is 1.11 bits per heavy atom. The van der Waals surface area contributed by atoms with Gasteiger partial charge in [0.15, 0.2) is 5.69 Å². The van der Waals surface area contributed by atoms with Gasteiger partial charge in [-0.25, -0.2) is 4.98 Å². The minimum absolute atomic E-state index is 0.142. The van der Waals surface area contributed by atoms with Crippen molar-refractivity contribution in [2.45, 2.75) is 6.10 Å². The zero-order chi connectivity index (χ0) is 19.5. The molecule has 1 amide bonds. The highest BCUT2D eigenvalue weighted by atomic mass is 16.5. The third-order valence-corrected chi connectivity index (χ3v) is 4.99. The number of pyridine rings is 1. The summed E-state index contributed by atoms with van der Waals surface area (Å²) in [6.45, 7) is 1.48. The van der Waals surface area contributed by atoms with Gasteiger partial charge >= 0.3 is 0 Å². The standard InChI is InChI=1S/C22H22N2O4/c1-26-18-8-7-15-12-17(6-5-16(15)13-18)20-14-24(10-11-28-20)22(25)21-19(27-2)4-3-9-23-21/h3-9,12-13,20H,10-11,14H2,1-2H3/t20-/m0/s1. The summed E-state index contributed by atoms with van der Waals surface area (Å²) in [5, 5.41) is 2.21. The van der Waals surface area contributed by atoms with Gasteiger partial charge in [0.05, 0.1) is 27.4 Å². The van der Waals surface area contributed by atoms with Crippen molar-refractivity contribution < 1.29 is 19.0 Å². The minimum Gasteiger partial charge on any atom is -0.497 e. The summed E-state index contributed by atoms with van der Waals surface area (Å²) in [6, 6.07) is 15.7. The fourth-order valence-electron chi connectivity index (χ4n) is 3.47. The molecule has 28 heavy (non-hydrogen) atoms. The highest BCUT2D eigenvalue weighted by molar-refractivity contribution is 5.95. The smallest absolute Gasteiger partial charge is 0.276 e. The van der Waals surface area contributed by atoms with Crippen LogP contribution in [0.15, 0.2) is 54.7 Å². The number of nitrogens with zero attached hydrogens (tertiary/aromatic N) is 2. The number of hydrogen-bond donors (Lipinski definition) is 0. The number of carbonyl (C=O) groups excluding carboxylic acids is 1. The molecule has 6 nitrogen and oxygen atoms in total. The first-order chi connectivity index (χ1) is 13.7. The first-order valence-corrected chi connectivity index (χ1v) is 9.17. The van der Waals surface area contributed by atoms with E-state index in [2.05, 4.69) is 17.1 Å². The number of morpholine rings is 1. The molecule has 1 saturated heterocycles. The molecule has 1 aromatic heterocycles. The topological polar surface area (TPSA) is 60.9 Å². The van der Waals surface area contributed by atoms with E-state index in [-0.39, 0.29) is 12.0 Å². The predicted octanol–water partition coefficient (Wildman–Crippen LogP) is 3.47. The van der Waals surface area contributed by atoms with Crippen molar-refractivity contribution in [2.75, 3.05) is 33.9 Å². The Labute approximate surface area is 163 Å². The molecule has 1 atom stereocenters. The quantitative estimate of drug-likeness (QED) is 0.696. The van der Waals surface area contributed by atoms with Crippen molar-refractivity contribution >= 4 is 16.7 Å². The molecule has 3 aromatic rings. The first kappa shape index (κ1) is 18.3. The van der Waals surface area contributed by atoms with Crippen LogP contribution in [0.1, 0.15) is 22.2 Å². The number of rotatable bonds is 4. The van der Waals surface area contributed by atoms with Crippen molar-refractivity contribution in [3.05, 3.63) is 66.0 Å². The Balaban J connectivity index is 1.56. The van der Waals surface area contributed by atoms with Crippen molar-refractivity contribution in [3.63, 3.8) is 0 Å². The van der Waals surface area contributed by atoms with Gasteiger partial charge < -0.3 is 19.1 Å². The molecule has 1 aliphatic rings. The lowest BCUT2D eigenvalue weighted by molar-refractivity contribution is -0.0230. The summed E-state index contributed by atoms with van der Waals surface area (Å²) < 4.78 is 16.5. The Morgan fingerprint density at radius 2 is 1.93 bits per heavy atom. The highest BCUT2D eigenvalue weighted by Gasteiger charge is 2.28. The van der Waals surface area contributed by atoms with E-state index in [9.17, 15) is 4.79 Å². The fourth-order valence-corrected chi connectivity index (χ4v) is 3.47. The van der Waals surface area contributed by atoms with Gasteiger partial charge in [0.1, 0.15) is 17.6 Å². The average molecular weight is 378 g/mol. The van der Waals surface area contributed by atoms with Crippen molar-refractivity contribution in [2.24, 2.45) is 0 Å². The molecule has 0 aliphatic carbocycles. The van der Waals surface area contributed by atoms with E-state index in [0.717, 1.165) is 22.1 Å². The monoisotopic (exact) mass is 378 g/mol. The summed E-state index contributed by atoms with van der Waals surface area (Å²) in [5.41, 5.74) is 1.37. The zero-order valence-corrected chi connectivity index (χ0v) is 15.9. The maximum absolute atomic E-state index is 13.0. The van der Waals surface area contributed by atoms with Crippen LogP contribution in [0.3, 0.4) is 0 Å². The van der Waals surface area contributed by atoms with Gasteiger partial charge in [0, 0.05) is 12.7 Å². The zero-order valence-electron chi connectivity index (χ0n) is 15.9. The molecule has 0 N–H and O–H groups in total. The number of aromatic nitrogens is 1. The lowest BCUT2D eigenvalue weighted by Gasteiger charge is -2.33. The molecular formula is C22H22N2O4. The fraction of sp³-hybridized carbons (Fsp3) is 0.273. The van der Waals surface area contributed by atoms with Crippen LogP contribution in [0.5, 0.6) is 11.5 Å². The second kappa shape index (κ2) is 7.86. The Bertz CT molecular complexity index is 1000. The lowest BCUT2D eigenvalue weighted by Crippen LogP contribution is -2.42. The van der Waals surface area contributed by atoms with Crippen LogP contribution in [0.25, 0.3) is 10.8 Å². The van der Waals surface area contributed by atoms with E-state index >= 15 is 0 Å². The third kappa shape index (κ3) is 3.51. The van der Waals surface area contributed by atoms with Gasteiger partial charge in [-0.2, -0.15) is 0 Å². The summed E-state index contributed by atoms with van der Waals surface area (Å²) in [5.74, 6) is 1.17. The van der Waals surface area contributed by atoms with Crippen molar-refractivity contribution in [1.82, 2.24) is 9.88 Å². The Morgan fingerprint density at radius 3 is 2.75 bits per heavy atom. The average Bonchev–Trinajstić information content (AvgIpc) is 2.77. The summed E-state index contributed by atoms with van der Waals surface area (Å²) >= 11 is 0. The molecule has 144 valence electrons. The maximum Gasteiger partial charge on any atom is 0.276 e. The molecule has 6 heteroatoms. The number of benzene rings is 2. The first-order valence-electron chi connectivity index (χ1n) is 9.17. The maximum atomic E-state index is 13.0. The van der Waals surface area contributed by atoms with Crippen molar-refractivity contribution in [3.8, 4) is 11.5 Å². The second-order valence-corrected chi connectivity index (χ2v) is 6.64. The molecule has 2 aromatic carbocycles. The molecule has 4 rings (SSSR count). The van der Waals surface area contributed by atoms with E-state index in [0.29, 0.717) is 31.1 Å². The molecule has 0 spiro atoms. The van der Waals surface area contributed by atoms with Crippen LogP contribution in [0.4, 0.5) is 0 Å². The summed E-state index contributed by atoms with van der Waals surface area (Å²) in [6.07, 6.45) is 1.42. The van der Waals surface area contributed by atoms with Crippen LogP contribution < -0.4 is 9.47 Å². The summed E-state index contributed by atoms with van der Waals surface area (Å²) in [4.78, 5) is 18.9. The van der Waals surface area contributed by atoms with E-state index in [4.69, 9.17) is 14.2 Å². The largest absolute Gasteiger partial charge is 0.497 e. The Hall–Kier alpha value is -3.12. The SMILES string of the molecule is COc1ccc2cc([C@@H]3CN(C(=O)c4ncccc4OC)CCO3)ccc2c1. The predicted molar refractivity (Wildman–Crippen MR) is 106 cm³/mol. The van der Waals surface area contributed by atoms with Crippen molar-refractivity contribution in [1.29, 1.82) is 0 Å². The molecule has 2 heterocycles. The minimum atomic E-state index is -0.182. The van der Waals surface area contributed by atoms with Crippen LogP contribution >= 0.6 is 0 Å². The number of ether oxygens (including phenoxy) is 3. The number of amides is 1. The molecule has 1 fully saturated rings. The van der Waals surface area contributed by atoms with Gasteiger partial charge in [0.2, 0.25) is 0 Å². The van der Waals surface area contributed by atoms with Gasteiger partial charge in [-0.1, -0.05) is 18.2 Å². The van der Waals surface area contributed by atoms with E-state index in [1.807, 2.05) is 24.3 Å². The number of methoxy groups -OCH3 is 2. The van der Waals surface area contributed by atoms with E-state index in [1.165, 1.54) is 0 Å². The van der Waals surface area contributed by atoms with Crippen LogP contribution in [0.2, 0.25) is 0 Å². The van der Waals surface area contributed by atoms with E-state index in [1.54, 1.807) is 37.4 Å². The molecular weight excluding hydrogens is 356 g/mol. The summed E-state index contributed by atoms with van der Waals surface area (Å²) in [7, 11) is 3.20. The molecule has 1 aliphatic heterocycles. The number of carbonyl (C=O) groups is 1. The molecule has 0 unspecified atom stereocenters. The number of hydrogen-bond acceptors (Lipinski definition) is 5. The van der Waals surface area contributed by atoms with Gasteiger partial charge in [-0.3, -0.25) is 4.79 Å². The normalized spacial score (nSPS) is 16.8. The van der Waals surface area contributed by atoms with Crippen LogP contribution in [-0.2, 0) is 4.74 Å². The van der Waals surface area contributed by atoms with Crippen LogP contribution in [-0.4, -0.2) is 49.7 Å². The third-order valence-electron chi connectivity index (χ3n) is 4.99. The molecule has 0 saturated carbocycles.